The molecule has 3 atom stereocenters. The van der Waals surface area contributed by atoms with Crippen LogP contribution in [0.2, 0.25) is 0 Å². The second-order valence-corrected chi connectivity index (χ2v) is 8.18. The fourth-order valence-electron chi connectivity index (χ4n) is 4.46. The average Bonchev–Trinajstić information content (AvgIpc) is 2.65. The number of hydrogen-bond acceptors (Lipinski definition) is 3. The molecule has 3 unspecified atom stereocenters. The Morgan fingerprint density at radius 3 is 2.69 bits per heavy atom. The number of allylic oxidation sites excluding steroid dienone is 1. The maximum Gasteiger partial charge on any atom is 0.147 e. The Morgan fingerprint density at radius 1 is 1.19 bits per heavy atom. The first-order valence-electron chi connectivity index (χ1n) is 9.75. The molecule has 0 aliphatic heterocycles. The summed E-state index contributed by atoms with van der Waals surface area (Å²) in [6.45, 7) is 10.2. The van der Waals surface area contributed by atoms with Crippen molar-refractivity contribution < 1.29 is 14.6 Å². The highest BCUT2D eigenvalue weighted by atomic mass is 16.7. The van der Waals surface area contributed by atoms with E-state index in [0.29, 0.717) is 25.9 Å². The first-order valence-corrected chi connectivity index (χ1v) is 9.75. The first-order chi connectivity index (χ1) is 12.5. The van der Waals surface area contributed by atoms with Gasteiger partial charge in [-0.1, -0.05) is 49.4 Å². The van der Waals surface area contributed by atoms with Crippen LogP contribution >= 0.6 is 0 Å². The van der Waals surface area contributed by atoms with Gasteiger partial charge < -0.3 is 14.6 Å². The van der Waals surface area contributed by atoms with Gasteiger partial charge in [0, 0.05) is 0 Å². The highest BCUT2D eigenvalue weighted by Gasteiger charge is 2.40. The molecule has 0 heterocycles. The zero-order valence-corrected chi connectivity index (χ0v) is 16.2. The van der Waals surface area contributed by atoms with Crippen molar-refractivity contribution in [3.05, 3.63) is 59.2 Å². The predicted octanol–water partition coefficient (Wildman–Crippen LogP) is 5.01. The van der Waals surface area contributed by atoms with Crippen molar-refractivity contribution in [1.29, 1.82) is 0 Å². The minimum absolute atomic E-state index is 0.257. The van der Waals surface area contributed by atoms with Crippen LogP contribution < -0.4 is 0 Å². The molecule has 0 amide bonds. The third-order valence-electron chi connectivity index (χ3n) is 6.31. The third-order valence-corrected chi connectivity index (χ3v) is 6.31. The Kier molecular flexibility index (Phi) is 6.33. The molecule has 1 saturated carbocycles. The SMILES string of the molecule is C=C(COCOCc1ccccc1)C1CCC2(C)CCC(O)C(C)=C2C1. The molecule has 1 aromatic carbocycles. The molecule has 1 aromatic rings. The van der Waals surface area contributed by atoms with Gasteiger partial charge in [0.15, 0.2) is 0 Å². The van der Waals surface area contributed by atoms with Gasteiger partial charge in [-0.2, -0.15) is 0 Å². The zero-order valence-electron chi connectivity index (χ0n) is 16.2. The van der Waals surface area contributed by atoms with Crippen LogP contribution in [-0.2, 0) is 16.1 Å². The summed E-state index contributed by atoms with van der Waals surface area (Å²) in [5.74, 6) is 0.451. The van der Waals surface area contributed by atoms with Crippen LogP contribution in [-0.4, -0.2) is 24.6 Å². The molecular formula is C23H32O3. The average molecular weight is 357 g/mol. The van der Waals surface area contributed by atoms with E-state index in [1.807, 2.05) is 30.3 Å². The van der Waals surface area contributed by atoms with Crippen molar-refractivity contribution in [2.45, 2.75) is 58.7 Å². The molecule has 0 spiro atoms. The summed E-state index contributed by atoms with van der Waals surface area (Å²) in [6, 6.07) is 10.1. The normalized spacial score (nSPS) is 28.7. The van der Waals surface area contributed by atoms with Gasteiger partial charge in [0.2, 0.25) is 0 Å². The monoisotopic (exact) mass is 356 g/mol. The summed E-state index contributed by atoms with van der Waals surface area (Å²) < 4.78 is 11.3. The summed E-state index contributed by atoms with van der Waals surface area (Å²) in [5, 5.41) is 10.2. The lowest BCUT2D eigenvalue weighted by Gasteiger charge is -2.45. The van der Waals surface area contributed by atoms with Gasteiger partial charge in [0.05, 0.1) is 19.3 Å². The lowest BCUT2D eigenvalue weighted by Crippen LogP contribution is -2.35. The van der Waals surface area contributed by atoms with E-state index in [9.17, 15) is 5.11 Å². The van der Waals surface area contributed by atoms with E-state index < -0.39 is 0 Å². The molecule has 3 heteroatoms. The molecule has 0 bridgehead atoms. The molecule has 2 aliphatic carbocycles. The smallest absolute Gasteiger partial charge is 0.147 e. The topological polar surface area (TPSA) is 38.7 Å². The molecule has 3 rings (SSSR count). The van der Waals surface area contributed by atoms with Gasteiger partial charge in [-0.3, -0.25) is 0 Å². The summed E-state index contributed by atoms with van der Waals surface area (Å²) in [5.41, 5.74) is 5.24. The summed E-state index contributed by atoms with van der Waals surface area (Å²) in [7, 11) is 0. The maximum atomic E-state index is 10.2. The van der Waals surface area contributed by atoms with E-state index in [2.05, 4.69) is 20.4 Å². The number of benzene rings is 1. The lowest BCUT2D eigenvalue weighted by atomic mass is 9.60. The van der Waals surface area contributed by atoms with Crippen molar-refractivity contribution >= 4 is 0 Å². The molecule has 0 saturated heterocycles. The van der Waals surface area contributed by atoms with Gasteiger partial charge in [0.1, 0.15) is 6.79 Å². The second-order valence-electron chi connectivity index (χ2n) is 8.18. The zero-order chi connectivity index (χ0) is 18.6. The standard InChI is InChI=1S/C23H32O3/c1-17(14-25-16-26-15-19-7-5-4-6-8-19)20-9-11-23(3)12-10-22(24)18(2)21(23)13-20/h4-8,20,22,24H,1,9-16H2,2-3H3. The summed E-state index contributed by atoms with van der Waals surface area (Å²) in [4.78, 5) is 0. The van der Waals surface area contributed by atoms with Crippen LogP contribution in [0, 0.1) is 11.3 Å². The largest absolute Gasteiger partial charge is 0.389 e. The summed E-state index contributed by atoms with van der Waals surface area (Å²) in [6.07, 6.45) is 5.11. The van der Waals surface area contributed by atoms with Crippen molar-refractivity contribution in [2.24, 2.45) is 11.3 Å². The van der Waals surface area contributed by atoms with Gasteiger partial charge >= 0.3 is 0 Å². The van der Waals surface area contributed by atoms with E-state index in [-0.39, 0.29) is 11.5 Å². The van der Waals surface area contributed by atoms with Gasteiger partial charge in [-0.25, -0.2) is 0 Å². The molecular weight excluding hydrogens is 324 g/mol. The molecule has 0 radical (unpaired) electrons. The molecule has 142 valence electrons. The quantitative estimate of drug-likeness (QED) is 0.424. The van der Waals surface area contributed by atoms with Crippen LogP contribution in [0.1, 0.15) is 51.5 Å². The Morgan fingerprint density at radius 2 is 1.92 bits per heavy atom. The molecule has 2 aliphatic rings. The first kappa shape index (κ1) is 19.3. The number of aliphatic hydroxyl groups excluding tert-OH is 1. The van der Waals surface area contributed by atoms with Gasteiger partial charge in [0.25, 0.3) is 0 Å². The Bertz CT molecular complexity index is 649. The van der Waals surface area contributed by atoms with E-state index >= 15 is 0 Å². The van der Waals surface area contributed by atoms with E-state index in [1.54, 1.807) is 0 Å². The highest BCUT2D eigenvalue weighted by Crippen LogP contribution is 2.52. The fraction of sp³-hybridized carbons (Fsp3) is 0.565. The molecule has 0 aromatic heterocycles. The molecule has 1 N–H and O–H groups in total. The Labute approximate surface area is 157 Å². The number of ether oxygens (including phenoxy) is 2. The lowest BCUT2D eigenvalue weighted by molar-refractivity contribution is -0.0557. The van der Waals surface area contributed by atoms with Gasteiger partial charge in [-0.05, 0) is 67.1 Å². The van der Waals surface area contributed by atoms with Crippen LogP contribution in [0.15, 0.2) is 53.6 Å². The van der Waals surface area contributed by atoms with E-state index in [4.69, 9.17) is 9.47 Å². The van der Waals surface area contributed by atoms with Crippen molar-refractivity contribution in [3.63, 3.8) is 0 Å². The van der Waals surface area contributed by atoms with Crippen molar-refractivity contribution in [2.75, 3.05) is 13.4 Å². The van der Waals surface area contributed by atoms with Crippen LogP contribution in [0.25, 0.3) is 0 Å². The number of aliphatic hydroxyl groups is 1. The van der Waals surface area contributed by atoms with Crippen molar-refractivity contribution in [3.8, 4) is 0 Å². The highest BCUT2D eigenvalue weighted by molar-refractivity contribution is 5.30. The number of hydrogen-bond donors (Lipinski definition) is 1. The Hall–Kier alpha value is -1.42. The number of rotatable bonds is 7. The maximum absolute atomic E-state index is 10.2. The number of fused-ring (bicyclic) bond motifs is 1. The van der Waals surface area contributed by atoms with Crippen LogP contribution in [0.3, 0.4) is 0 Å². The van der Waals surface area contributed by atoms with Crippen LogP contribution in [0.5, 0.6) is 0 Å². The Balaban J connectivity index is 1.45. The van der Waals surface area contributed by atoms with Crippen molar-refractivity contribution in [1.82, 2.24) is 0 Å². The van der Waals surface area contributed by atoms with E-state index in [0.717, 1.165) is 36.8 Å². The van der Waals surface area contributed by atoms with E-state index in [1.165, 1.54) is 17.6 Å². The fourth-order valence-corrected chi connectivity index (χ4v) is 4.46. The minimum Gasteiger partial charge on any atom is -0.389 e. The summed E-state index contributed by atoms with van der Waals surface area (Å²) >= 11 is 0. The minimum atomic E-state index is -0.257. The van der Waals surface area contributed by atoms with Gasteiger partial charge in [-0.15, -0.1) is 0 Å². The second kappa shape index (κ2) is 8.51. The molecule has 26 heavy (non-hydrogen) atoms. The molecule has 1 fully saturated rings. The van der Waals surface area contributed by atoms with Crippen LogP contribution in [0.4, 0.5) is 0 Å². The molecule has 3 nitrogen and oxygen atoms in total. The third kappa shape index (κ3) is 4.46. The predicted molar refractivity (Wildman–Crippen MR) is 105 cm³/mol.